The summed E-state index contributed by atoms with van der Waals surface area (Å²) in [5.74, 6) is -0.0837. The number of benzene rings is 1. The second-order valence-electron chi connectivity index (χ2n) is 5.12. The van der Waals surface area contributed by atoms with E-state index in [1.54, 1.807) is 28.9 Å². The van der Waals surface area contributed by atoms with Gasteiger partial charge < -0.3 is 14.2 Å². The van der Waals surface area contributed by atoms with E-state index in [0.717, 1.165) is 10.2 Å². The number of rotatable bonds is 2. The van der Waals surface area contributed by atoms with Crippen LogP contribution in [0.1, 0.15) is 17.5 Å². The van der Waals surface area contributed by atoms with Crippen LogP contribution in [0.15, 0.2) is 51.6 Å². The molecule has 5 nitrogen and oxygen atoms in total. The van der Waals surface area contributed by atoms with Crippen LogP contribution in [-0.2, 0) is 4.79 Å². The average Bonchev–Trinajstić information content (AvgIpc) is 3.03. The van der Waals surface area contributed by atoms with Crippen LogP contribution in [0.3, 0.4) is 0 Å². The molecular formula is C16H15BrN2O3. The van der Waals surface area contributed by atoms with Gasteiger partial charge in [0.05, 0.1) is 6.26 Å². The van der Waals surface area contributed by atoms with Crippen molar-refractivity contribution in [3.63, 3.8) is 0 Å². The fraction of sp³-hybridized carbons (Fsp3) is 0.250. The molecule has 0 N–H and O–H groups in total. The maximum atomic E-state index is 12.6. The highest BCUT2D eigenvalue weighted by atomic mass is 79.9. The third kappa shape index (κ3) is 2.66. The van der Waals surface area contributed by atoms with Crippen LogP contribution < -0.4 is 4.90 Å². The molecule has 1 unspecified atom stereocenters. The number of nitrogens with zero attached hydrogens (tertiary/aromatic N) is 2. The monoisotopic (exact) mass is 362 g/mol. The molecule has 22 heavy (non-hydrogen) atoms. The van der Waals surface area contributed by atoms with Gasteiger partial charge in [-0.2, -0.15) is 0 Å². The maximum Gasteiger partial charge on any atom is 0.290 e. The Morgan fingerprint density at radius 2 is 2.09 bits per heavy atom. The number of piperazine rings is 1. The summed E-state index contributed by atoms with van der Waals surface area (Å²) in [4.78, 5) is 28.2. The van der Waals surface area contributed by atoms with Gasteiger partial charge in [-0.05, 0) is 37.3 Å². The summed E-state index contributed by atoms with van der Waals surface area (Å²) in [7, 11) is 0. The summed E-state index contributed by atoms with van der Waals surface area (Å²) in [6, 6.07) is 10.3. The predicted octanol–water partition coefficient (Wildman–Crippen LogP) is 2.92. The molecule has 1 saturated heterocycles. The number of hydrogen-bond acceptors (Lipinski definition) is 3. The Labute approximate surface area is 136 Å². The Bertz CT molecular complexity index is 699. The van der Waals surface area contributed by atoms with Crippen LogP contribution >= 0.6 is 15.9 Å². The molecule has 6 heteroatoms. The number of amides is 2. The van der Waals surface area contributed by atoms with Gasteiger partial charge in [-0.15, -0.1) is 0 Å². The van der Waals surface area contributed by atoms with E-state index in [0.29, 0.717) is 13.1 Å². The average molecular weight is 363 g/mol. The van der Waals surface area contributed by atoms with E-state index in [2.05, 4.69) is 15.9 Å². The van der Waals surface area contributed by atoms with E-state index in [4.69, 9.17) is 4.42 Å². The van der Waals surface area contributed by atoms with Crippen molar-refractivity contribution in [2.24, 2.45) is 0 Å². The number of hydrogen-bond donors (Lipinski definition) is 0. The lowest BCUT2D eigenvalue weighted by Gasteiger charge is -2.38. The minimum Gasteiger partial charge on any atom is -0.459 e. The summed E-state index contributed by atoms with van der Waals surface area (Å²) in [6.07, 6.45) is 1.46. The zero-order chi connectivity index (χ0) is 15.7. The van der Waals surface area contributed by atoms with E-state index in [1.165, 1.54) is 6.26 Å². The molecule has 1 aliphatic heterocycles. The normalized spacial score (nSPS) is 18.6. The van der Waals surface area contributed by atoms with Gasteiger partial charge in [-0.1, -0.05) is 22.0 Å². The van der Waals surface area contributed by atoms with Gasteiger partial charge in [0.25, 0.3) is 5.91 Å². The van der Waals surface area contributed by atoms with Gasteiger partial charge >= 0.3 is 0 Å². The molecule has 1 aromatic carbocycles. The van der Waals surface area contributed by atoms with Crippen LogP contribution in [0.5, 0.6) is 0 Å². The summed E-state index contributed by atoms with van der Waals surface area (Å²) in [5.41, 5.74) is 0.830. The molecule has 0 saturated carbocycles. The summed E-state index contributed by atoms with van der Waals surface area (Å²) < 4.78 is 6.05. The molecule has 0 bridgehead atoms. The summed E-state index contributed by atoms with van der Waals surface area (Å²) in [6.45, 7) is 2.68. The Morgan fingerprint density at radius 3 is 2.77 bits per heavy atom. The van der Waals surface area contributed by atoms with Crippen molar-refractivity contribution in [3.8, 4) is 0 Å². The van der Waals surface area contributed by atoms with Crippen molar-refractivity contribution >= 4 is 33.4 Å². The van der Waals surface area contributed by atoms with Crippen LogP contribution in [-0.4, -0.2) is 35.8 Å². The van der Waals surface area contributed by atoms with Gasteiger partial charge in [0.1, 0.15) is 6.04 Å². The van der Waals surface area contributed by atoms with Crippen molar-refractivity contribution in [3.05, 3.63) is 52.9 Å². The molecule has 1 atom stereocenters. The molecule has 2 aromatic rings. The second-order valence-corrected chi connectivity index (χ2v) is 6.04. The maximum absolute atomic E-state index is 12.6. The van der Waals surface area contributed by atoms with E-state index < -0.39 is 6.04 Å². The lowest BCUT2D eigenvalue weighted by atomic mass is 10.1. The fourth-order valence-corrected chi connectivity index (χ4v) is 2.98. The topological polar surface area (TPSA) is 53.8 Å². The first-order valence-corrected chi connectivity index (χ1v) is 7.78. The van der Waals surface area contributed by atoms with E-state index in [1.807, 2.05) is 24.3 Å². The molecule has 0 spiro atoms. The quantitative estimate of drug-likeness (QED) is 0.825. The lowest BCUT2D eigenvalue weighted by molar-refractivity contribution is -0.124. The largest absolute Gasteiger partial charge is 0.459 e. The zero-order valence-electron chi connectivity index (χ0n) is 12.0. The first kappa shape index (κ1) is 14.8. The minimum atomic E-state index is -0.523. The zero-order valence-corrected chi connectivity index (χ0v) is 13.6. The lowest BCUT2D eigenvalue weighted by Crippen LogP contribution is -2.57. The van der Waals surface area contributed by atoms with Crippen molar-refractivity contribution in [2.45, 2.75) is 13.0 Å². The highest BCUT2D eigenvalue weighted by Crippen LogP contribution is 2.24. The smallest absolute Gasteiger partial charge is 0.290 e. The van der Waals surface area contributed by atoms with Gasteiger partial charge in [0.15, 0.2) is 5.76 Å². The van der Waals surface area contributed by atoms with Gasteiger partial charge in [0.2, 0.25) is 5.91 Å². The highest BCUT2D eigenvalue weighted by molar-refractivity contribution is 9.10. The SMILES string of the molecule is CC1C(=O)N(c2cccc(Br)c2)CCN1C(=O)c1ccco1. The van der Waals surface area contributed by atoms with Gasteiger partial charge in [-0.3, -0.25) is 9.59 Å². The first-order valence-electron chi connectivity index (χ1n) is 6.99. The molecule has 0 aliphatic carbocycles. The van der Waals surface area contributed by atoms with Crippen molar-refractivity contribution in [1.29, 1.82) is 0 Å². The van der Waals surface area contributed by atoms with Crippen LogP contribution in [0, 0.1) is 0 Å². The number of halogens is 1. The Kier molecular flexibility index (Phi) is 4.02. The van der Waals surface area contributed by atoms with Crippen LogP contribution in [0.25, 0.3) is 0 Å². The van der Waals surface area contributed by atoms with E-state index in [9.17, 15) is 9.59 Å². The molecule has 3 rings (SSSR count). The molecule has 1 fully saturated rings. The summed E-state index contributed by atoms with van der Waals surface area (Å²) >= 11 is 3.41. The molecule has 1 aliphatic rings. The number of furan rings is 1. The Morgan fingerprint density at radius 1 is 1.27 bits per heavy atom. The van der Waals surface area contributed by atoms with Crippen molar-refractivity contribution in [1.82, 2.24) is 4.90 Å². The van der Waals surface area contributed by atoms with Gasteiger partial charge in [-0.25, -0.2) is 0 Å². The third-order valence-corrected chi connectivity index (χ3v) is 4.26. The Balaban J connectivity index is 1.80. The van der Waals surface area contributed by atoms with Crippen molar-refractivity contribution in [2.75, 3.05) is 18.0 Å². The molecular weight excluding hydrogens is 348 g/mol. The predicted molar refractivity (Wildman–Crippen MR) is 85.7 cm³/mol. The first-order chi connectivity index (χ1) is 10.6. The van der Waals surface area contributed by atoms with E-state index >= 15 is 0 Å². The second kappa shape index (κ2) is 5.96. The fourth-order valence-electron chi connectivity index (χ4n) is 2.59. The van der Waals surface area contributed by atoms with E-state index in [-0.39, 0.29) is 17.6 Å². The number of carbonyl (C=O) groups excluding carboxylic acids is 2. The molecule has 2 amide bonds. The molecule has 0 radical (unpaired) electrons. The van der Waals surface area contributed by atoms with Crippen LogP contribution in [0.4, 0.5) is 5.69 Å². The number of anilines is 1. The van der Waals surface area contributed by atoms with Crippen LogP contribution in [0.2, 0.25) is 0 Å². The number of carbonyl (C=O) groups is 2. The van der Waals surface area contributed by atoms with Crippen molar-refractivity contribution < 1.29 is 14.0 Å². The van der Waals surface area contributed by atoms with Gasteiger partial charge in [0, 0.05) is 23.2 Å². The summed E-state index contributed by atoms with van der Waals surface area (Å²) in [5, 5.41) is 0. The Hall–Kier alpha value is -2.08. The minimum absolute atomic E-state index is 0.0933. The third-order valence-electron chi connectivity index (χ3n) is 3.77. The molecule has 2 heterocycles. The standard InChI is InChI=1S/C16H15BrN2O3/c1-11-15(20)19(13-5-2-4-12(17)10-13)8-7-18(11)16(21)14-6-3-9-22-14/h2-6,9-11H,7-8H2,1H3. The highest BCUT2D eigenvalue weighted by Gasteiger charge is 2.36. The molecule has 114 valence electrons. The molecule has 1 aromatic heterocycles.